The molecule has 94 valence electrons. The van der Waals surface area contributed by atoms with Crippen LogP contribution in [0, 0.1) is 25.2 Å². The van der Waals surface area contributed by atoms with Crippen molar-refractivity contribution in [3.63, 3.8) is 0 Å². The lowest BCUT2D eigenvalue weighted by molar-refractivity contribution is 0.431. The van der Waals surface area contributed by atoms with E-state index in [1.807, 2.05) is 13.8 Å². The highest BCUT2D eigenvalue weighted by Gasteiger charge is 2.09. The fraction of sp³-hybridized carbons (Fsp3) is 0.667. The third-order valence-electron chi connectivity index (χ3n) is 2.44. The molecule has 1 rings (SSSR count). The molecule has 5 heteroatoms. The van der Waals surface area contributed by atoms with Crippen molar-refractivity contribution < 1.29 is 4.42 Å². The van der Waals surface area contributed by atoms with Crippen molar-refractivity contribution in [1.29, 1.82) is 5.26 Å². The van der Waals surface area contributed by atoms with Crippen LogP contribution in [0.5, 0.6) is 0 Å². The van der Waals surface area contributed by atoms with Crippen molar-refractivity contribution in [2.24, 2.45) is 0 Å². The first kappa shape index (κ1) is 14.1. The molecule has 0 saturated carbocycles. The van der Waals surface area contributed by atoms with Crippen LogP contribution in [-0.2, 0) is 0 Å². The fourth-order valence-electron chi connectivity index (χ4n) is 1.30. The van der Waals surface area contributed by atoms with E-state index in [9.17, 15) is 0 Å². The van der Waals surface area contributed by atoms with Crippen LogP contribution >= 0.6 is 11.8 Å². The van der Waals surface area contributed by atoms with E-state index in [0.29, 0.717) is 5.22 Å². The number of nitriles is 1. The van der Waals surface area contributed by atoms with Crippen LogP contribution in [0.4, 0.5) is 0 Å². The van der Waals surface area contributed by atoms with E-state index in [4.69, 9.17) is 9.68 Å². The van der Waals surface area contributed by atoms with Gasteiger partial charge in [-0.2, -0.15) is 5.26 Å². The Morgan fingerprint density at radius 3 is 2.82 bits per heavy atom. The first-order valence-electron chi connectivity index (χ1n) is 5.87. The van der Waals surface area contributed by atoms with Crippen molar-refractivity contribution in [1.82, 2.24) is 10.3 Å². The average Bonchev–Trinajstić information content (AvgIpc) is 2.63. The Bertz CT molecular complexity index is 364. The lowest BCUT2D eigenvalue weighted by Gasteiger charge is -2.08. The SMILES string of the molecule is CCCNC(C#N)CCSc1nc(C)c(C)o1. The maximum absolute atomic E-state index is 8.94. The Morgan fingerprint density at radius 1 is 1.53 bits per heavy atom. The summed E-state index contributed by atoms with van der Waals surface area (Å²) in [5.41, 5.74) is 0.938. The second-order valence-electron chi connectivity index (χ2n) is 3.89. The topological polar surface area (TPSA) is 61.9 Å². The molecule has 1 aromatic rings. The van der Waals surface area contributed by atoms with E-state index in [-0.39, 0.29) is 6.04 Å². The molecule has 0 fully saturated rings. The van der Waals surface area contributed by atoms with E-state index < -0.39 is 0 Å². The summed E-state index contributed by atoms with van der Waals surface area (Å²) in [4.78, 5) is 4.29. The quantitative estimate of drug-likeness (QED) is 0.757. The van der Waals surface area contributed by atoms with Gasteiger partial charge in [-0.05, 0) is 33.2 Å². The van der Waals surface area contributed by atoms with Gasteiger partial charge in [-0.3, -0.25) is 0 Å². The van der Waals surface area contributed by atoms with Gasteiger partial charge in [0.1, 0.15) is 5.76 Å². The second kappa shape index (κ2) is 7.36. The van der Waals surface area contributed by atoms with Gasteiger partial charge < -0.3 is 9.73 Å². The molecule has 0 radical (unpaired) electrons. The maximum atomic E-state index is 8.94. The van der Waals surface area contributed by atoms with Crippen LogP contribution in [0.3, 0.4) is 0 Å². The second-order valence-corrected chi connectivity index (χ2v) is 4.94. The number of nitrogens with one attached hydrogen (secondary N) is 1. The van der Waals surface area contributed by atoms with Gasteiger partial charge in [-0.15, -0.1) is 0 Å². The number of nitrogens with zero attached hydrogens (tertiary/aromatic N) is 2. The zero-order valence-corrected chi connectivity index (χ0v) is 11.4. The molecular weight excluding hydrogens is 234 g/mol. The van der Waals surface area contributed by atoms with E-state index in [0.717, 1.165) is 36.6 Å². The molecular formula is C12H19N3OS. The van der Waals surface area contributed by atoms with Crippen LogP contribution in [0.15, 0.2) is 9.64 Å². The van der Waals surface area contributed by atoms with Crippen LogP contribution in [-0.4, -0.2) is 23.3 Å². The van der Waals surface area contributed by atoms with Crippen LogP contribution in [0.1, 0.15) is 31.2 Å². The molecule has 1 unspecified atom stereocenters. The van der Waals surface area contributed by atoms with Crippen molar-refractivity contribution in [2.75, 3.05) is 12.3 Å². The van der Waals surface area contributed by atoms with Crippen molar-refractivity contribution >= 4 is 11.8 Å². The van der Waals surface area contributed by atoms with Crippen molar-refractivity contribution in [3.05, 3.63) is 11.5 Å². The Labute approximate surface area is 107 Å². The first-order valence-corrected chi connectivity index (χ1v) is 6.85. The van der Waals surface area contributed by atoms with Crippen LogP contribution in [0.25, 0.3) is 0 Å². The molecule has 0 saturated heterocycles. The Balaban J connectivity index is 2.29. The summed E-state index contributed by atoms with van der Waals surface area (Å²) < 4.78 is 5.46. The molecule has 0 spiro atoms. The van der Waals surface area contributed by atoms with Gasteiger partial charge in [0, 0.05) is 5.75 Å². The number of thioether (sulfide) groups is 1. The Kier molecular flexibility index (Phi) is 6.09. The van der Waals surface area contributed by atoms with Gasteiger partial charge in [0.2, 0.25) is 0 Å². The molecule has 0 aliphatic carbocycles. The summed E-state index contributed by atoms with van der Waals surface area (Å²) in [5, 5.41) is 12.8. The third kappa shape index (κ3) is 4.80. The number of aryl methyl sites for hydroxylation is 2. The minimum atomic E-state index is -0.0698. The zero-order valence-electron chi connectivity index (χ0n) is 10.6. The average molecular weight is 253 g/mol. The maximum Gasteiger partial charge on any atom is 0.256 e. The van der Waals surface area contributed by atoms with Gasteiger partial charge in [0.15, 0.2) is 0 Å². The zero-order chi connectivity index (χ0) is 12.7. The molecule has 0 aromatic carbocycles. The van der Waals surface area contributed by atoms with Crippen molar-refractivity contribution in [2.45, 2.75) is 44.9 Å². The summed E-state index contributed by atoms with van der Waals surface area (Å²) >= 11 is 1.56. The Hall–Kier alpha value is -0.990. The normalized spacial score (nSPS) is 12.4. The molecule has 4 nitrogen and oxygen atoms in total. The molecule has 0 aliphatic heterocycles. The van der Waals surface area contributed by atoms with Gasteiger partial charge in [0.05, 0.1) is 17.8 Å². The van der Waals surface area contributed by atoms with Crippen molar-refractivity contribution in [3.8, 4) is 6.07 Å². The summed E-state index contributed by atoms with van der Waals surface area (Å²) in [6.07, 6.45) is 1.85. The predicted molar refractivity (Wildman–Crippen MR) is 69.0 cm³/mol. The minimum absolute atomic E-state index is 0.0698. The molecule has 1 heterocycles. The molecule has 0 amide bonds. The summed E-state index contributed by atoms with van der Waals surface area (Å²) in [7, 11) is 0. The van der Waals surface area contributed by atoms with Crippen LogP contribution < -0.4 is 5.32 Å². The minimum Gasteiger partial charge on any atom is -0.437 e. The largest absolute Gasteiger partial charge is 0.437 e. The lowest BCUT2D eigenvalue weighted by atomic mass is 10.2. The fourth-order valence-corrected chi connectivity index (χ4v) is 2.21. The number of rotatable bonds is 7. The van der Waals surface area contributed by atoms with Gasteiger partial charge in [-0.25, -0.2) is 4.98 Å². The van der Waals surface area contributed by atoms with E-state index in [1.165, 1.54) is 0 Å². The number of hydrogen-bond donors (Lipinski definition) is 1. The number of oxazole rings is 1. The Morgan fingerprint density at radius 2 is 2.29 bits per heavy atom. The van der Waals surface area contributed by atoms with E-state index in [1.54, 1.807) is 11.8 Å². The monoisotopic (exact) mass is 253 g/mol. The summed E-state index contributed by atoms with van der Waals surface area (Å²) in [6, 6.07) is 2.19. The van der Waals surface area contributed by atoms with E-state index in [2.05, 4.69) is 23.3 Å². The molecule has 1 aromatic heterocycles. The first-order chi connectivity index (χ1) is 8.17. The highest BCUT2D eigenvalue weighted by Crippen LogP contribution is 2.21. The summed E-state index contributed by atoms with van der Waals surface area (Å²) in [5.74, 6) is 1.71. The molecule has 0 bridgehead atoms. The van der Waals surface area contributed by atoms with Gasteiger partial charge >= 0.3 is 0 Å². The number of aromatic nitrogens is 1. The molecule has 0 aliphatic rings. The predicted octanol–water partition coefficient (Wildman–Crippen LogP) is 2.67. The van der Waals surface area contributed by atoms with Gasteiger partial charge in [0.25, 0.3) is 5.22 Å². The smallest absolute Gasteiger partial charge is 0.256 e. The lowest BCUT2D eigenvalue weighted by Crippen LogP contribution is -2.28. The highest BCUT2D eigenvalue weighted by atomic mass is 32.2. The number of hydrogen-bond acceptors (Lipinski definition) is 5. The standard InChI is InChI=1S/C12H19N3OS/c1-4-6-14-11(8-13)5-7-17-12-15-9(2)10(3)16-12/h11,14H,4-7H2,1-3H3. The highest BCUT2D eigenvalue weighted by molar-refractivity contribution is 7.99. The molecule has 17 heavy (non-hydrogen) atoms. The molecule has 1 N–H and O–H groups in total. The van der Waals surface area contributed by atoms with Gasteiger partial charge in [-0.1, -0.05) is 18.7 Å². The summed E-state index contributed by atoms with van der Waals surface area (Å²) in [6.45, 7) is 6.83. The molecule has 1 atom stereocenters. The van der Waals surface area contributed by atoms with Crippen LogP contribution in [0.2, 0.25) is 0 Å². The van der Waals surface area contributed by atoms with E-state index >= 15 is 0 Å². The third-order valence-corrected chi connectivity index (χ3v) is 3.30.